The number of benzene rings is 2. The molecule has 0 saturated heterocycles. The van der Waals surface area contributed by atoms with Gasteiger partial charge in [0.1, 0.15) is 5.78 Å². The standard InChI is InChI=1S/C20H21BrO3/c1-24-20-13-9-16(14-19(20)23)4-2-3-5-18(22)12-8-15-6-10-17(21)11-7-15/h2,4,6-7,9-11,13-14,23H,3,5,8,12H2,1H3/b4-2+. The van der Waals surface area contributed by atoms with Crippen LogP contribution in [0, 0.1) is 0 Å². The van der Waals surface area contributed by atoms with Crippen LogP contribution in [0.2, 0.25) is 0 Å². The lowest BCUT2D eigenvalue weighted by molar-refractivity contribution is -0.118. The second-order valence-electron chi connectivity index (χ2n) is 5.54. The number of Topliss-reactive ketones (excluding diaryl/α,β-unsaturated/α-hetero) is 1. The quantitative estimate of drug-likeness (QED) is 0.679. The van der Waals surface area contributed by atoms with Gasteiger partial charge in [0.2, 0.25) is 0 Å². The summed E-state index contributed by atoms with van der Waals surface area (Å²) in [6, 6.07) is 13.3. The van der Waals surface area contributed by atoms with Crippen LogP contribution in [0.15, 0.2) is 53.0 Å². The summed E-state index contributed by atoms with van der Waals surface area (Å²) in [6.07, 6.45) is 6.45. The normalized spacial score (nSPS) is 10.9. The Kier molecular flexibility index (Phi) is 7.07. The van der Waals surface area contributed by atoms with Gasteiger partial charge in [0.15, 0.2) is 11.5 Å². The number of ether oxygens (including phenoxy) is 1. The van der Waals surface area contributed by atoms with E-state index in [4.69, 9.17) is 4.74 Å². The maximum Gasteiger partial charge on any atom is 0.160 e. The van der Waals surface area contributed by atoms with Gasteiger partial charge in [0, 0.05) is 17.3 Å². The maximum atomic E-state index is 11.9. The Hall–Kier alpha value is -2.07. The van der Waals surface area contributed by atoms with Crippen molar-refractivity contribution >= 4 is 27.8 Å². The molecule has 0 aliphatic rings. The molecule has 3 nitrogen and oxygen atoms in total. The minimum absolute atomic E-state index is 0.116. The number of carbonyl (C=O) groups excluding carboxylic acids is 1. The van der Waals surface area contributed by atoms with Crippen molar-refractivity contribution in [3.63, 3.8) is 0 Å². The highest BCUT2D eigenvalue weighted by Crippen LogP contribution is 2.26. The van der Waals surface area contributed by atoms with E-state index in [1.165, 1.54) is 12.7 Å². The average Bonchev–Trinajstić information content (AvgIpc) is 2.58. The van der Waals surface area contributed by atoms with Gasteiger partial charge in [-0.15, -0.1) is 0 Å². The van der Waals surface area contributed by atoms with Gasteiger partial charge >= 0.3 is 0 Å². The van der Waals surface area contributed by atoms with E-state index < -0.39 is 0 Å². The van der Waals surface area contributed by atoms with Gasteiger partial charge in [-0.2, -0.15) is 0 Å². The molecule has 2 rings (SSSR count). The van der Waals surface area contributed by atoms with E-state index in [0.29, 0.717) is 25.0 Å². The third-order valence-electron chi connectivity index (χ3n) is 3.71. The molecule has 24 heavy (non-hydrogen) atoms. The monoisotopic (exact) mass is 388 g/mol. The Balaban J connectivity index is 1.73. The number of phenols is 1. The Labute approximate surface area is 151 Å². The number of methoxy groups -OCH3 is 1. The first-order valence-electron chi connectivity index (χ1n) is 7.88. The fraction of sp³-hybridized carbons (Fsp3) is 0.250. The number of aryl methyl sites for hydroxylation is 1. The molecule has 0 fully saturated rings. The highest BCUT2D eigenvalue weighted by Gasteiger charge is 2.03. The van der Waals surface area contributed by atoms with E-state index in [0.717, 1.165) is 16.5 Å². The molecule has 0 aliphatic heterocycles. The van der Waals surface area contributed by atoms with E-state index in [9.17, 15) is 9.90 Å². The molecule has 0 atom stereocenters. The highest BCUT2D eigenvalue weighted by atomic mass is 79.9. The lowest BCUT2D eigenvalue weighted by Gasteiger charge is -2.03. The second-order valence-corrected chi connectivity index (χ2v) is 6.45. The van der Waals surface area contributed by atoms with Crippen molar-refractivity contribution < 1.29 is 14.6 Å². The van der Waals surface area contributed by atoms with Gasteiger partial charge in [-0.25, -0.2) is 0 Å². The SMILES string of the molecule is COc1ccc(/C=C/CCC(=O)CCc2ccc(Br)cc2)cc1O. The van der Waals surface area contributed by atoms with E-state index >= 15 is 0 Å². The fourth-order valence-corrected chi connectivity index (χ4v) is 2.60. The number of rotatable bonds is 8. The van der Waals surface area contributed by atoms with Gasteiger partial charge in [-0.3, -0.25) is 4.79 Å². The summed E-state index contributed by atoms with van der Waals surface area (Å²) in [5.41, 5.74) is 2.06. The van der Waals surface area contributed by atoms with Crippen LogP contribution < -0.4 is 4.74 Å². The number of ketones is 1. The summed E-state index contributed by atoms with van der Waals surface area (Å²) in [5, 5.41) is 9.72. The number of allylic oxidation sites excluding steroid dienone is 1. The molecule has 0 bridgehead atoms. The van der Waals surface area contributed by atoms with Crippen molar-refractivity contribution in [3.8, 4) is 11.5 Å². The lowest BCUT2D eigenvalue weighted by Crippen LogP contribution is -1.99. The average molecular weight is 389 g/mol. The Morgan fingerprint density at radius 2 is 1.92 bits per heavy atom. The zero-order chi connectivity index (χ0) is 17.4. The Bertz CT molecular complexity index is 705. The Morgan fingerprint density at radius 1 is 1.17 bits per heavy atom. The zero-order valence-electron chi connectivity index (χ0n) is 13.7. The van der Waals surface area contributed by atoms with Gasteiger partial charge in [-0.1, -0.05) is 46.3 Å². The third kappa shape index (κ3) is 5.85. The molecular formula is C20H21BrO3. The van der Waals surface area contributed by atoms with E-state index in [1.807, 2.05) is 42.5 Å². The molecule has 2 aromatic carbocycles. The molecule has 0 radical (unpaired) electrons. The molecule has 2 aromatic rings. The van der Waals surface area contributed by atoms with Crippen molar-refractivity contribution in [2.75, 3.05) is 7.11 Å². The van der Waals surface area contributed by atoms with Crippen LogP contribution in [0.25, 0.3) is 6.08 Å². The summed E-state index contributed by atoms with van der Waals surface area (Å²) in [6.45, 7) is 0. The van der Waals surface area contributed by atoms with Crippen molar-refractivity contribution in [1.29, 1.82) is 0 Å². The van der Waals surface area contributed by atoms with Crippen LogP contribution in [-0.4, -0.2) is 18.0 Å². The molecule has 1 N–H and O–H groups in total. The summed E-state index contributed by atoms with van der Waals surface area (Å²) in [4.78, 5) is 11.9. The van der Waals surface area contributed by atoms with Gasteiger partial charge in [0.05, 0.1) is 7.11 Å². The minimum Gasteiger partial charge on any atom is -0.504 e. The fourth-order valence-electron chi connectivity index (χ4n) is 2.33. The predicted octanol–water partition coefficient (Wildman–Crippen LogP) is 5.16. The van der Waals surface area contributed by atoms with E-state index in [2.05, 4.69) is 15.9 Å². The molecule has 0 aromatic heterocycles. The second kappa shape index (κ2) is 9.28. The first-order valence-corrected chi connectivity index (χ1v) is 8.67. The molecular weight excluding hydrogens is 368 g/mol. The van der Waals surface area contributed by atoms with Crippen molar-refractivity contribution in [1.82, 2.24) is 0 Å². The smallest absolute Gasteiger partial charge is 0.160 e. The highest BCUT2D eigenvalue weighted by molar-refractivity contribution is 9.10. The summed E-state index contributed by atoms with van der Waals surface area (Å²) < 4.78 is 6.05. The Morgan fingerprint density at radius 3 is 2.58 bits per heavy atom. The molecule has 0 saturated carbocycles. The van der Waals surface area contributed by atoms with Crippen LogP contribution in [0.4, 0.5) is 0 Å². The number of carbonyl (C=O) groups is 1. The lowest BCUT2D eigenvalue weighted by atomic mass is 10.0. The zero-order valence-corrected chi connectivity index (χ0v) is 15.3. The number of aromatic hydroxyl groups is 1. The van der Waals surface area contributed by atoms with Gasteiger partial charge in [-0.05, 0) is 48.2 Å². The van der Waals surface area contributed by atoms with Crippen molar-refractivity contribution in [2.24, 2.45) is 0 Å². The molecule has 0 amide bonds. The number of halogens is 1. The van der Waals surface area contributed by atoms with Crippen molar-refractivity contribution in [2.45, 2.75) is 25.7 Å². The van der Waals surface area contributed by atoms with Gasteiger partial charge < -0.3 is 9.84 Å². The van der Waals surface area contributed by atoms with Crippen molar-refractivity contribution in [3.05, 3.63) is 64.1 Å². The molecule has 126 valence electrons. The third-order valence-corrected chi connectivity index (χ3v) is 4.24. The molecule has 0 aliphatic carbocycles. The summed E-state index contributed by atoms with van der Waals surface area (Å²) in [5.74, 6) is 0.834. The van der Waals surface area contributed by atoms with Crippen LogP contribution in [0.1, 0.15) is 30.4 Å². The molecule has 0 spiro atoms. The first-order chi connectivity index (χ1) is 11.6. The largest absolute Gasteiger partial charge is 0.504 e. The minimum atomic E-state index is 0.116. The van der Waals surface area contributed by atoms with Crippen LogP contribution >= 0.6 is 15.9 Å². The molecule has 0 unspecified atom stereocenters. The number of phenolic OH excluding ortho intramolecular Hbond substituents is 1. The van der Waals surface area contributed by atoms with Crippen LogP contribution in [-0.2, 0) is 11.2 Å². The molecule has 4 heteroatoms. The molecule has 0 heterocycles. The van der Waals surface area contributed by atoms with Crippen LogP contribution in [0.3, 0.4) is 0 Å². The first kappa shape index (κ1) is 18.3. The summed E-state index contributed by atoms with van der Waals surface area (Å²) in [7, 11) is 1.52. The van der Waals surface area contributed by atoms with E-state index in [-0.39, 0.29) is 11.5 Å². The van der Waals surface area contributed by atoms with Crippen LogP contribution in [0.5, 0.6) is 11.5 Å². The maximum absolute atomic E-state index is 11.9. The number of hydrogen-bond donors (Lipinski definition) is 1. The topological polar surface area (TPSA) is 46.5 Å². The van der Waals surface area contributed by atoms with E-state index in [1.54, 1.807) is 12.1 Å². The van der Waals surface area contributed by atoms with Gasteiger partial charge in [0.25, 0.3) is 0 Å². The predicted molar refractivity (Wildman–Crippen MR) is 100 cm³/mol. The number of hydrogen-bond acceptors (Lipinski definition) is 3. The summed E-state index contributed by atoms with van der Waals surface area (Å²) >= 11 is 3.40.